The Kier molecular flexibility index (Phi) is 3.43. The molecule has 0 radical (unpaired) electrons. The number of aliphatic hydroxyl groups excluding tert-OH is 1. The van der Waals surface area contributed by atoms with Gasteiger partial charge >= 0.3 is 0 Å². The smallest absolute Gasteiger partial charge is 0.272 e. The fourth-order valence-corrected chi connectivity index (χ4v) is 3.03. The second-order valence-electron chi connectivity index (χ2n) is 5.54. The number of methoxy groups -OCH3 is 1. The molecule has 0 amide bonds. The molecule has 2 aliphatic heterocycles. The monoisotopic (exact) mass is 323 g/mol. The zero-order valence-electron chi connectivity index (χ0n) is 12.6. The molecule has 124 valence electrons. The molecular formula is C13H17N5O5. The van der Waals surface area contributed by atoms with Crippen LogP contribution in [0.15, 0.2) is 12.7 Å². The van der Waals surface area contributed by atoms with E-state index in [0.29, 0.717) is 11.2 Å². The van der Waals surface area contributed by atoms with Crippen molar-refractivity contribution in [3.8, 4) is 0 Å². The van der Waals surface area contributed by atoms with Gasteiger partial charge in [0.1, 0.15) is 30.2 Å². The molecule has 0 bridgehead atoms. The zero-order chi connectivity index (χ0) is 16.1. The molecule has 10 nitrogen and oxygen atoms in total. The Morgan fingerprint density at radius 3 is 2.78 bits per heavy atom. The summed E-state index contributed by atoms with van der Waals surface area (Å²) in [5, 5.41) is 9.96. The summed E-state index contributed by atoms with van der Waals surface area (Å²) in [6.45, 7) is 0.840. The molecule has 2 unspecified atom stereocenters. The Morgan fingerprint density at radius 1 is 1.26 bits per heavy atom. The quantitative estimate of drug-likeness (QED) is 0.761. The fraction of sp³-hybridized carbons (Fsp3) is 0.615. The van der Waals surface area contributed by atoms with Crippen molar-refractivity contribution in [2.45, 2.75) is 44.0 Å². The normalized spacial score (nSPS) is 34.8. The minimum Gasteiger partial charge on any atom is -0.391 e. The van der Waals surface area contributed by atoms with Gasteiger partial charge in [0.2, 0.25) is 0 Å². The van der Waals surface area contributed by atoms with E-state index in [1.165, 1.54) is 13.4 Å². The third kappa shape index (κ3) is 2.18. The van der Waals surface area contributed by atoms with Crippen LogP contribution >= 0.6 is 0 Å². The molecule has 6 atom stereocenters. The number of rotatable bonds is 3. The van der Waals surface area contributed by atoms with E-state index in [-0.39, 0.29) is 5.82 Å². The molecule has 0 saturated carbocycles. The lowest BCUT2D eigenvalue weighted by Crippen LogP contribution is -2.36. The van der Waals surface area contributed by atoms with Crippen molar-refractivity contribution in [1.82, 2.24) is 19.5 Å². The maximum Gasteiger partial charge on any atom is 0.272 e. The first-order chi connectivity index (χ1) is 11.1. The molecule has 0 aromatic carbocycles. The van der Waals surface area contributed by atoms with Gasteiger partial charge in [0.15, 0.2) is 17.7 Å². The van der Waals surface area contributed by atoms with Crippen LogP contribution in [-0.4, -0.2) is 62.6 Å². The van der Waals surface area contributed by atoms with Crippen LogP contribution in [0.5, 0.6) is 0 Å². The highest BCUT2D eigenvalue weighted by atomic mass is 16.9. The van der Waals surface area contributed by atoms with Gasteiger partial charge in [0.05, 0.1) is 12.4 Å². The number of imidazole rings is 1. The largest absolute Gasteiger partial charge is 0.391 e. The van der Waals surface area contributed by atoms with Gasteiger partial charge in [-0.25, -0.2) is 15.0 Å². The van der Waals surface area contributed by atoms with E-state index in [2.05, 4.69) is 15.0 Å². The second-order valence-corrected chi connectivity index (χ2v) is 5.54. The predicted octanol–water partition coefficient (Wildman–Crippen LogP) is -0.599. The van der Waals surface area contributed by atoms with Crippen molar-refractivity contribution < 1.29 is 24.1 Å². The van der Waals surface area contributed by atoms with Crippen LogP contribution in [0.2, 0.25) is 0 Å². The standard InChI is InChI=1S/C13H17N5O5/c1-5(19)7-8-9(23-13(20-2)22-8)12(21-7)18-4-17-6-10(14)15-3-16-11(6)18/h3-5,7-9,12-13,19H,1-2H3,(H2,14,15,16)/t5?,7-,8-,9-,12-,13?/m1/s1. The highest BCUT2D eigenvalue weighted by molar-refractivity contribution is 5.81. The SMILES string of the molecule is COC1O[C@@H]2[C@H](O1)[C@@H](C(C)O)O[C@H]2n1cnc2c(N)ncnc21. The van der Waals surface area contributed by atoms with Crippen LogP contribution in [0, 0.1) is 0 Å². The Balaban J connectivity index is 1.74. The summed E-state index contributed by atoms with van der Waals surface area (Å²) in [5.74, 6) is 0.286. The van der Waals surface area contributed by atoms with Crippen molar-refractivity contribution in [2.24, 2.45) is 0 Å². The maximum atomic E-state index is 9.96. The molecule has 0 aliphatic carbocycles. The molecular weight excluding hydrogens is 306 g/mol. The first kappa shape index (κ1) is 14.7. The van der Waals surface area contributed by atoms with Crippen molar-refractivity contribution in [1.29, 1.82) is 0 Å². The first-order valence-corrected chi connectivity index (χ1v) is 7.20. The van der Waals surface area contributed by atoms with Gasteiger partial charge in [-0.1, -0.05) is 0 Å². The summed E-state index contributed by atoms with van der Waals surface area (Å²) >= 11 is 0. The number of hydrogen-bond acceptors (Lipinski definition) is 9. The lowest BCUT2D eigenvalue weighted by molar-refractivity contribution is -0.259. The predicted molar refractivity (Wildman–Crippen MR) is 75.9 cm³/mol. The first-order valence-electron chi connectivity index (χ1n) is 7.20. The van der Waals surface area contributed by atoms with E-state index < -0.39 is 37.1 Å². The number of aliphatic hydroxyl groups is 1. The van der Waals surface area contributed by atoms with Crippen molar-refractivity contribution >= 4 is 17.0 Å². The molecule has 4 rings (SSSR count). The Morgan fingerprint density at radius 2 is 2.04 bits per heavy atom. The third-order valence-electron chi connectivity index (χ3n) is 4.09. The topological polar surface area (TPSA) is 127 Å². The van der Waals surface area contributed by atoms with Gasteiger partial charge in [-0.3, -0.25) is 4.57 Å². The van der Waals surface area contributed by atoms with Crippen LogP contribution in [0.25, 0.3) is 11.2 Å². The molecule has 23 heavy (non-hydrogen) atoms. The number of anilines is 1. The summed E-state index contributed by atoms with van der Waals surface area (Å²) < 4.78 is 24.1. The molecule has 0 spiro atoms. The number of aromatic nitrogens is 4. The fourth-order valence-electron chi connectivity index (χ4n) is 3.03. The average molecular weight is 323 g/mol. The highest BCUT2D eigenvalue weighted by Gasteiger charge is 2.55. The molecule has 4 heterocycles. The van der Waals surface area contributed by atoms with Gasteiger partial charge in [-0.2, -0.15) is 0 Å². The molecule has 2 aromatic rings. The summed E-state index contributed by atoms with van der Waals surface area (Å²) in [6.07, 6.45) is 0.140. The highest BCUT2D eigenvalue weighted by Crippen LogP contribution is 2.41. The third-order valence-corrected chi connectivity index (χ3v) is 4.09. The van der Waals surface area contributed by atoms with Gasteiger partial charge in [0.25, 0.3) is 6.48 Å². The zero-order valence-corrected chi connectivity index (χ0v) is 12.6. The number of nitrogens with two attached hydrogens (primary N) is 1. The molecule has 2 aliphatic rings. The number of nitrogen functional groups attached to an aromatic ring is 1. The Bertz CT molecular complexity index is 722. The van der Waals surface area contributed by atoms with Crippen LogP contribution in [0.1, 0.15) is 13.2 Å². The van der Waals surface area contributed by atoms with E-state index in [0.717, 1.165) is 0 Å². The van der Waals surface area contributed by atoms with Gasteiger partial charge in [-0.05, 0) is 6.92 Å². The lowest BCUT2D eigenvalue weighted by Gasteiger charge is -2.21. The van der Waals surface area contributed by atoms with E-state index in [4.69, 9.17) is 24.7 Å². The molecule has 2 fully saturated rings. The van der Waals surface area contributed by atoms with Crippen molar-refractivity contribution in [3.05, 3.63) is 12.7 Å². The number of nitrogens with zero attached hydrogens (tertiary/aromatic N) is 4. The van der Waals surface area contributed by atoms with Gasteiger partial charge < -0.3 is 29.8 Å². The van der Waals surface area contributed by atoms with Crippen LogP contribution < -0.4 is 5.73 Å². The molecule has 10 heteroatoms. The van der Waals surface area contributed by atoms with Crippen LogP contribution in [0.3, 0.4) is 0 Å². The minimum absolute atomic E-state index is 0.286. The van der Waals surface area contributed by atoms with Crippen molar-refractivity contribution in [2.75, 3.05) is 12.8 Å². The number of fused-ring (bicyclic) bond motifs is 2. The lowest BCUT2D eigenvalue weighted by atomic mass is 10.1. The molecule has 2 aromatic heterocycles. The molecule has 3 N–H and O–H groups in total. The average Bonchev–Trinajstić information content (AvgIpc) is 3.19. The van der Waals surface area contributed by atoms with Crippen LogP contribution in [-0.2, 0) is 18.9 Å². The summed E-state index contributed by atoms with van der Waals surface area (Å²) in [5.41, 5.74) is 6.82. The number of hydrogen-bond donors (Lipinski definition) is 2. The van der Waals surface area contributed by atoms with E-state index in [9.17, 15) is 5.11 Å². The van der Waals surface area contributed by atoms with E-state index in [1.807, 2.05) is 0 Å². The molecule has 2 saturated heterocycles. The summed E-state index contributed by atoms with van der Waals surface area (Å²) in [7, 11) is 1.49. The number of ether oxygens (including phenoxy) is 4. The van der Waals surface area contributed by atoms with Gasteiger partial charge in [0, 0.05) is 7.11 Å². The summed E-state index contributed by atoms with van der Waals surface area (Å²) in [4.78, 5) is 12.4. The minimum atomic E-state index is -0.799. The summed E-state index contributed by atoms with van der Waals surface area (Å²) in [6, 6.07) is 0. The van der Waals surface area contributed by atoms with Crippen LogP contribution in [0.4, 0.5) is 5.82 Å². The van der Waals surface area contributed by atoms with E-state index in [1.54, 1.807) is 17.8 Å². The van der Waals surface area contributed by atoms with E-state index >= 15 is 0 Å². The van der Waals surface area contributed by atoms with Crippen molar-refractivity contribution in [3.63, 3.8) is 0 Å². The van der Waals surface area contributed by atoms with Gasteiger partial charge in [-0.15, -0.1) is 0 Å². The maximum absolute atomic E-state index is 9.96. The Hall–Kier alpha value is -1.85. The Labute approximate surface area is 131 Å². The second kappa shape index (κ2) is 5.35.